The highest BCUT2D eigenvalue weighted by atomic mass is 35.5. The van der Waals surface area contributed by atoms with Crippen molar-refractivity contribution in [2.75, 3.05) is 12.0 Å². The first-order valence-electron chi connectivity index (χ1n) is 8.78. The molecule has 0 radical (unpaired) electrons. The van der Waals surface area contributed by atoms with Gasteiger partial charge in [-0.15, -0.1) is 0 Å². The van der Waals surface area contributed by atoms with E-state index in [9.17, 15) is 19.2 Å². The van der Waals surface area contributed by atoms with Crippen molar-refractivity contribution in [1.82, 2.24) is 5.01 Å². The van der Waals surface area contributed by atoms with Crippen LogP contribution in [0.4, 0.5) is 5.69 Å². The van der Waals surface area contributed by atoms with Crippen LogP contribution in [0.3, 0.4) is 0 Å². The fourth-order valence-electron chi connectivity index (χ4n) is 3.78. The molecule has 2 heterocycles. The molecular weight excluding hydrogens is 421 g/mol. The Morgan fingerprint density at radius 2 is 1.86 bits per heavy atom. The zero-order chi connectivity index (χ0) is 21.7. The van der Waals surface area contributed by atoms with Gasteiger partial charge in [0.2, 0.25) is 5.91 Å². The first-order valence-corrected chi connectivity index (χ1v) is 9.53. The first kappa shape index (κ1) is 21.3. The SMILES string of the molecule is COC(=O)C1=NN(C(C)(C)CC(C)=O)C2C(=O)N(c3ccc(Cl)cc3Cl)C(=O)C12. The second-order valence-corrected chi connectivity index (χ2v) is 8.39. The number of methoxy groups -OCH3 is 1. The van der Waals surface area contributed by atoms with Gasteiger partial charge < -0.3 is 4.74 Å². The molecule has 2 aliphatic rings. The molecule has 0 aliphatic carbocycles. The van der Waals surface area contributed by atoms with Crippen molar-refractivity contribution in [1.29, 1.82) is 0 Å². The highest BCUT2D eigenvalue weighted by Gasteiger charge is 2.61. The Bertz CT molecular complexity index is 959. The summed E-state index contributed by atoms with van der Waals surface area (Å²) in [5, 5.41) is 6.05. The Labute approximate surface area is 177 Å². The molecule has 1 fully saturated rings. The largest absolute Gasteiger partial charge is 0.464 e. The topological polar surface area (TPSA) is 96.3 Å². The van der Waals surface area contributed by atoms with Gasteiger partial charge in [0.05, 0.1) is 23.4 Å². The summed E-state index contributed by atoms with van der Waals surface area (Å²) in [7, 11) is 1.16. The number of ketones is 1. The maximum Gasteiger partial charge on any atom is 0.355 e. The van der Waals surface area contributed by atoms with E-state index in [0.29, 0.717) is 5.02 Å². The maximum atomic E-state index is 13.3. The summed E-state index contributed by atoms with van der Waals surface area (Å²) < 4.78 is 4.76. The molecule has 1 saturated heterocycles. The molecule has 1 aromatic carbocycles. The van der Waals surface area contributed by atoms with E-state index < -0.39 is 35.3 Å². The summed E-state index contributed by atoms with van der Waals surface area (Å²) in [5.41, 5.74) is -0.936. The van der Waals surface area contributed by atoms with Crippen molar-refractivity contribution in [2.45, 2.75) is 38.8 Å². The third kappa shape index (κ3) is 3.51. The van der Waals surface area contributed by atoms with Gasteiger partial charge in [-0.3, -0.25) is 19.4 Å². The van der Waals surface area contributed by atoms with Crippen LogP contribution < -0.4 is 4.90 Å². The molecule has 1 aromatic rings. The van der Waals surface area contributed by atoms with Gasteiger partial charge in [-0.25, -0.2) is 9.69 Å². The number of hydrazone groups is 1. The van der Waals surface area contributed by atoms with Crippen molar-refractivity contribution in [3.05, 3.63) is 28.2 Å². The predicted molar refractivity (Wildman–Crippen MR) is 107 cm³/mol. The number of fused-ring (bicyclic) bond motifs is 1. The fraction of sp³-hybridized carbons (Fsp3) is 0.421. The monoisotopic (exact) mass is 439 g/mol. The van der Waals surface area contributed by atoms with Gasteiger partial charge in [-0.2, -0.15) is 5.10 Å². The standard InChI is InChI=1S/C19H19Cl2N3O5/c1-9(25)8-19(2,3)24-15-13(14(22-24)18(28)29-4)16(26)23(17(15)27)12-6-5-10(20)7-11(12)21/h5-7,13,15H,8H2,1-4H3. The molecule has 3 rings (SSSR count). The number of anilines is 1. The number of ether oxygens (including phenoxy) is 1. The lowest BCUT2D eigenvalue weighted by molar-refractivity contribution is -0.133. The van der Waals surface area contributed by atoms with Crippen LogP contribution in [-0.4, -0.2) is 53.0 Å². The summed E-state index contributed by atoms with van der Waals surface area (Å²) >= 11 is 12.1. The first-order chi connectivity index (χ1) is 13.5. The number of halogens is 2. The second-order valence-electron chi connectivity index (χ2n) is 7.54. The normalized spacial score (nSPS) is 21.4. The zero-order valence-electron chi connectivity index (χ0n) is 16.2. The number of rotatable bonds is 5. The van der Waals surface area contributed by atoms with Crippen LogP contribution >= 0.6 is 23.2 Å². The van der Waals surface area contributed by atoms with E-state index in [1.54, 1.807) is 13.8 Å². The van der Waals surface area contributed by atoms with E-state index in [1.807, 2.05) is 0 Å². The van der Waals surface area contributed by atoms with Crippen LogP contribution in [-0.2, 0) is 23.9 Å². The van der Waals surface area contributed by atoms with E-state index in [1.165, 1.54) is 30.1 Å². The smallest absolute Gasteiger partial charge is 0.355 e. The number of carbonyl (C=O) groups excluding carboxylic acids is 4. The quantitative estimate of drug-likeness (QED) is 0.516. The maximum absolute atomic E-state index is 13.3. The van der Waals surface area contributed by atoms with Gasteiger partial charge in [-0.05, 0) is 39.0 Å². The molecule has 154 valence electrons. The minimum atomic E-state index is -1.16. The molecule has 10 heteroatoms. The highest BCUT2D eigenvalue weighted by Crippen LogP contribution is 2.41. The number of imide groups is 1. The molecule has 2 atom stereocenters. The van der Waals surface area contributed by atoms with Crippen LogP contribution in [0.1, 0.15) is 27.2 Å². The van der Waals surface area contributed by atoms with Crippen molar-refractivity contribution in [2.24, 2.45) is 11.0 Å². The molecule has 2 amide bonds. The van der Waals surface area contributed by atoms with Crippen LogP contribution in [0.25, 0.3) is 0 Å². The van der Waals surface area contributed by atoms with Crippen molar-refractivity contribution >= 4 is 58.2 Å². The molecule has 0 aromatic heterocycles. The van der Waals surface area contributed by atoms with Crippen molar-refractivity contribution < 1.29 is 23.9 Å². The predicted octanol–water partition coefficient (Wildman–Crippen LogP) is 2.45. The fourth-order valence-corrected chi connectivity index (χ4v) is 4.28. The van der Waals surface area contributed by atoms with Crippen LogP contribution in [0.5, 0.6) is 0 Å². The van der Waals surface area contributed by atoms with Gasteiger partial charge in [-0.1, -0.05) is 23.2 Å². The average molecular weight is 440 g/mol. The lowest BCUT2D eigenvalue weighted by Gasteiger charge is -2.36. The summed E-state index contributed by atoms with van der Waals surface area (Å²) in [6, 6.07) is 3.30. The zero-order valence-corrected chi connectivity index (χ0v) is 17.7. The Balaban J connectivity index is 2.10. The molecule has 8 nitrogen and oxygen atoms in total. The third-order valence-electron chi connectivity index (χ3n) is 4.90. The van der Waals surface area contributed by atoms with Gasteiger partial charge in [0, 0.05) is 11.4 Å². The van der Waals surface area contributed by atoms with E-state index in [4.69, 9.17) is 27.9 Å². The van der Waals surface area contributed by atoms with E-state index in [2.05, 4.69) is 5.10 Å². The molecule has 0 bridgehead atoms. The number of benzene rings is 1. The summed E-state index contributed by atoms with van der Waals surface area (Å²) in [5.74, 6) is -3.33. The van der Waals surface area contributed by atoms with Crippen LogP contribution in [0.15, 0.2) is 23.3 Å². The van der Waals surface area contributed by atoms with Crippen LogP contribution in [0, 0.1) is 5.92 Å². The summed E-state index contributed by atoms with van der Waals surface area (Å²) in [6.07, 6.45) is 0.0668. The molecule has 2 aliphatic heterocycles. The summed E-state index contributed by atoms with van der Waals surface area (Å²) in [6.45, 7) is 4.84. The third-order valence-corrected chi connectivity index (χ3v) is 5.43. The molecule has 0 spiro atoms. The van der Waals surface area contributed by atoms with E-state index >= 15 is 0 Å². The average Bonchev–Trinajstić information content (AvgIpc) is 3.12. The molecule has 2 unspecified atom stereocenters. The van der Waals surface area contributed by atoms with Gasteiger partial charge in [0.1, 0.15) is 17.7 Å². The van der Waals surface area contributed by atoms with Gasteiger partial charge >= 0.3 is 5.97 Å². The number of nitrogens with zero attached hydrogens (tertiary/aromatic N) is 3. The highest BCUT2D eigenvalue weighted by molar-refractivity contribution is 6.47. The lowest BCUT2D eigenvalue weighted by Crippen LogP contribution is -2.50. The van der Waals surface area contributed by atoms with Gasteiger partial charge in [0.15, 0.2) is 5.71 Å². The Morgan fingerprint density at radius 1 is 1.21 bits per heavy atom. The van der Waals surface area contributed by atoms with E-state index in [0.717, 1.165) is 12.0 Å². The Hall–Kier alpha value is -2.45. The Kier molecular flexibility index (Phi) is 5.44. The van der Waals surface area contributed by atoms with Crippen LogP contribution in [0.2, 0.25) is 10.0 Å². The molecule has 0 N–H and O–H groups in total. The van der Waals surface area contributed by atoms with E-state index in [-0.39, 0.29) is 28.6 Å². The number of Topliss-reactive ketones (excluding diaryl/α,β-unsaturated/α-hetero) is 1. The number of carbonyl (C=O) groups is 4. The second kappa shape index (κ2) is 7.42. The van der Waals surface area contributed by atoms with Gasteiger partial charge in [0.25, 0.3) is 5.91 Å². The number of esters is 1. The number of amides is 2. The molecule has 29 heavy (non-hydrogen) atoms. The molecular formula is C19H19Cl2N3O5. The van der Waals surface area contributed by atoms with Crippen molar-refractivity contribution in [3.8, 4) is 0 Å². The molecule has 0 saturated carbocycles. The number of hydrogen-bond donors (Lipinski definition) is 0. The minimum absolute atomic E-state index is 0.0668. The minimum Gasteiger partial charge on any atom is -0.464 e. The Morgan fingerprint density at radius 3 is 2.41 bits per heavy atom. The number of hydrogen-bond acceptors (Lipinski definition) is 7. The lowest BCUT2D eigenvalue weighted by atomic mass is 9.92. The van der Waals surface area contributed by atoms with Crippen molar-refractivity contribution in [3.63, 3.8) is 0 Å². The summed E-state index contributed by atoms with van der Waals surface area (Å²) in [4.78, 5) is 51.4.